The third kappa shape index (κ3) is 1.21. The van der Waals surface area contributed by atoms with Gasteiger partial charge >= 0.3 is 0 Å². The fourth-order valence-electron chi connectivity index (χ4n) is 0.829. The molecule has 0 radical (unpaired) electrons. The van der Waals surface area contributed by atoms with Crippen LogP contribution in [0.3, 0.4) is 0 Å². The maximum Gasteiger partial charge on any atom is 0.148 e. The van der Waals surface area contributed by atoms with Crippen molar-refractivity contribution in [3.63, 3.8) is 0 Å². The summed E-state index contributed by atoms with van der Waals surface area (Å²) in [5.41, 5.74) is -0.0158. The maximum atomic E-state index is 12.9. The van der Waals surface area contributed by atoms with Gasteiger partial charge in [-0.05, 0) is 13.0 Å². The van der Waals surface area contributed by atoms with Crippen molar-refractivity contribution >= 4 is 11.6 Å². The van der Waals surface area contributed by atoms with Gasteiger partial charge in [0, 0.05) is 5.56 Å². The van der Waals surface area contributed by atoms with Crippen LogP contribution in [-0.4, -0.2) is 5.11 Å². The van der Waals surface area contributed by atoms with Gasteiger partial charge in [-0.25, -0.2) is 4.39 Å². The van der Waals surface area contributed by atoms with E-state index in [2.05, 4.69) is 0 Å². The molecule has 62 valence electrons. The van der Waals surface area contributed by atoms with Crippen LogP contribution in [0.4, 0.5) is 4.39 Å². The van der Waals surface area contributed by atoms with E-state index in [0.29, 0.717) is 0 Å². The smallest absolute Gasteiger partial charge is 0.148 e. The molecule has 0 saturated carbocycles. The lowest BCUT2D eigenvalue weighted by Crippen LogP contribution is -1.88. The molecule has 2 nitrogen and oxygen atoms in total. The van der Waals surface area contributed by atoms with Gasteiger partial charge in [-0.15, -0.1) is 0 Å². The first-order chi connectivity index (χ1) is 5.57. The lowest BCUT2D eigenvalue weighted by molar-refractivity contribution is 0.461. The first-order valence-corrected chi connectivity index (χ1v) is 3.53. The number of hydrogen-bond donors (Lipinski definition) is 1. The van der Waals surface area contributed by atoms with Gasteiger partial charge < -0.3 is 5.11 Å². The summed E-state index contributed by atoms with van der Waals surface area (Å²) in [7, 11) is 0. The molecule has 0 spiro atoms. The Labute approximate surface area is 73.8 Å². The number of phenols is 1. The molecule has 0 heterocycles. The molecule has 0 unspecified atom stereocenters. The predicted molar refractivity (Wildman–Crippen MR) is 42.5 cm³/mol. The topological polar surface area (TPSA) is 44.0 Å². The summed E-state index contributed by atoms with van der Waals surface area (Å²) in [4.78, 5) is 0. The van der Waals surface area contributed by atoms with Crippen molar-refractivity contribution < 1.29 is 9.50 Å². The van der Waals surface area contributed by atoms with Crippen LogP contribution in [0.15, 0.2) is 6.07 Å². The van der Waals surface area contributed by atoms with Gasteiger partial charge in [-0.3, -0.25) is 0 Å². The zero-order valence-corrected chi connectivity index (χ0v) is 6.98. The van der Waals surface area contributed by atoms with E-state index in [0.717, 1.165) is 6.07 Å². The van der Waals surface area contributed by atoms with Gasteiger partial charge in [0.15, 0.2) is 0 Å². The van der Waals surface area contributed by atoms with Crippen LogP contribution in [0.25, 0.3) is 0 Å². The summed E-state index contributed by atoms with van der Waals surface area (Å²) in [6.45, 7) is 1.36. The fourth-order valence-corrected chi connectivity index (χ4v) is 1.08. The van der Waals surface area contributed by atoms with Crippen LogP contribution in [-0.2, 0) is 0 Å². The molecular formula is C8H5ClFNO. The van der Waals surface area contributed by atoms with Crippen LogP contribution in [0, 0.1) is 24.1 Å². The second-order valence-electron chi connectivity index (χ2n) is 2.31. The van der Waals surface area contributed by atoms with Crippen molar-refractivity contribution in [1.82, 2.24) is 0 Å². The second-order valence-corrected chi connectivity index (χ2v) is 2.71. The molecule has 1 aromatic carbocycles. The Hall–Kier alpha value is -1.27. The molecule has 0 saturated heterocycles. The number of benzene rings is 1. The lowest BCUT2D eigenvalue weighted by atomic mass is 10.1. The van der Waals surface area contributed by atoms with E-state index in [1.54, 1.807) is 6.07 Å². The molecule has 0 aliphatic rings. The normalized spacial score (nSPS) is 9.50. The third-order valence-electron chi connectivity index (χ3n) is 1.54. The Morgan fingerprint density at radius 1 is 1.67 bits per heavy atom. The summed E-state index contributed by atoms with van der Waals surface area (Å²) >= 11 is 5.43. The van der Waals surface area contributed by atoms with Crippen molar-refractivity contribution in [3.8, 4) is 11.8 Å². The maximum absolute atomic E-state index is 12.9. The number of aromatic hydroxyl groups is 1. The van der Waals surface area contributed by atoms with E-state index in [1.165, 1.54) is 6.92 Å². The first-order valence-electron chi connectivity index (χ1n) is 3.15. The van der Waals surface area contributed by atoms with Gasteiger partial charge in [0.2, 0.25) is 0 Å². The Bertz CT molecular complexity index is 370. The minimum Gasteiger partial charge on any atom is -0.506 e. The van der Waals surface area contributed by atoms with E-state index in [1.807, 2.05) is 0 Å². The quantitative estimate of drug-likeness (QED) is 0.674. The van der Waals surface area contributed by atoms with Crippen LogP contribution >= 0.6 is 11.6 Å². The highest BCUT2D eigenvalue weighted by Gasteiger charge is 2.12. The molecule has 0 amide bonds. The summed E-state index contributed by atoms with van der Waals surface area (Å²) < 4.78 is 12.9. The van der Waals surface area contributed by atoms with Gasteiger partial charge in [0.05, 0.1) is 10.6 Å². The minimum atomic E-state index is -0.687. The summed E-state index contributed by atoms with van der Waals surface area (Å²) in [5.74, 6) is -1.03. The molecule has 4 heteroatoms. The third-order valence-corrected chi connectivity index (χ3v) is 1.82. The van der Waals surface area contributed by atoms with Crippen LogP contribution in [0.2, 0.25) is 5.02 Å². The fraction of sp³-hybridized carbons (Fsp3) is 0.125. The van der Waals surface area contributed by atoms with Crippen LogP contribution < -0.4 is 0 Å². The number of nitriles is 1. The summed E-state index contributed by atoms with van der Waals surface area (Å²) in [5, 5.41) is 17.5. The summed E-state index contributed by atoms with van der Waals surface area (Å²) in [6, 6.07) is 2.80. The second kappa shape index (κ2) is 3.00. The Morgan fingerprint density at radius 3 is 2.75 bits per heavy atom. The first kappa shape index (κ1) is 8.82. The molecule has 0 bridgehead atoms. The Kier molecular flexibility index (Phi) is 2.20. The van der Waals surface area contributed by atoms with E-state index < -0.39 is 5.82 Å². The highest BCUT2D eigenvalue weighted by molar-refractivity contribution is 6.31. The van der Waals surface area contributed by atoms with Gasteiger partial charge in [0.1, 0.15) is 17.6 Å². The molecule has 12 heavy (non-hydrogen) atoms. The molecule has 0 atom stereocenters. The molecule has 1 N–H and O–H groups in total. The van der Waals surface area contributed by atoms with Crippen LogP contribution in [0.1, 0.15) is 11.1 Å². The van der Waals surface area contributed by atoms with E-state index in [4.69, 9.17) is 16.9 Å². The van der Waals surface area contributed by atoms with Crippen molar-refractivity contribution in [1.29, 1.82) is 5.26 Å². The average molecular weight is 186 g/mol. The van der Waals surface area contributed by atoms with Crippen molar-refractivity contribution in [2.75, 3.05) is 0 Å². The molecular weight excluding hydrogens is 181 g/mol. The number of hydrogen-bond acceptors (Lipinski definition) is 2. The molecule has 0 aromatic heterocycles. The number of phenolic OH excluding ortho intramolecular Hbond substituents is 1. The highest BCUT2D eigenvalue weighted by atomic mass is 35.5. The van der Waals surface area contributed by atoms with Gasteiger partial charge in [-0.1, -0.05) is 11.6 Å². The van der Waals surface area contributed by atoms with Gasteiger partial charge in [0.25, 0.3) is 0 Å². The average Bonchev–Trinajstić information content (AvgIpc) is 2.08. The van der Waals surface area contributed by atoms with E-state index in [9.17, 15) is 9.50 Å². The molecule has 1 rings (SSSR count). The van der Waals surface area contributed by atoms with E-state index in [-0.39, 0.29) is 21.9 Å². The predicted octanol–water partition coefficient (Wildman–Crippen LogP) is 2.36. The lowest BCUT2D eigenvalue weighted by Gasteiger charge is -2.03. The largest absolute Gasteiger partial charge is 0.506 e. The molecule has 0 fully saturated rings. The Morgan fingerprint density at radius 2 is 2.25 bits per heavy atom. The summed E-state index contributed by atoms with van der Waals surface area (Å²) in [6.07, 6.45) is 0. The van der Waals surface area contributed by atoms with Crippen molar-refractivity contribution in [3.05, 3.63) is 28.0 Å². The molecule has 0 aliphatic carbocycles. The monoisotopic (exact) mass is 185 g/mol. The van der Waals surface area contributed by atoms with E-state index >= 15 is 0 Å². The van der Waals surface area contributed by atoms with Crippen molar-refractivity contribution in [2.45, 2.75) is 6.92 Å². The molecule has 1 aromatic rings. The zero-order valence-electron chi connectivity index (χ0n) is 6.23. The number of nitrogens with zero attached hydrogens (tertiary/aromatic N) is 1. The van der Waals surface area contributed by atoms with Crippen molar-refractivity contribution in [2.24, 2.45) is 0 Å². The Balaban J connectivity index is 3.52. The number of halogens is 2. The van der Waals surface area contributed by atoms with Crippen LogP contribution in [0.5, 0.6) is 5.75 Å². The minimum absolute atomic E-state index is 0.000880. The number of rotatable bonds is 0. The SMILES string of the molecule is Cc1c(O)c(C#N)cc(Cl)c1F. The molecule has 0 aliphatic heterocycles. The van der Waals surface area contributed by atoms with Gasteiger partial charge in [-0.2, -0.15) is 5.26 Å². The zero-order chi connectivity index (χ0) is 9.30. The standard InChI is InChI=1S/C8H5ClFNO/c1-4-7(10)6(9)2-5(3-11)8(4)12/h2,12H,1H3. The highest BCUT2D eigenvalue weighted by Crippen LogP contribution is 2.29.